The maximum Gasteiger partial charge on any atom is 0.275 e. The van der Waals surface area contributed by atoms with Gasteiger partial charge in [-0.25, -0.2) is 4.98 Å². The van der Waals surface area contributed by atoms with E-state index in [1.807, 2.05) is 0 Å². The molecule has 0 aliphatic heterocycles. The summed E-state index contributed by atoms with van der Waals surface area (Å²) < 4.78 is 1.32. The Kier molecular flexibility index (Phi) is 4.80. The Morgan fingerprint density at radius 2 is 2.24 bits per heavy atom. The van der Waals surface area contributed by atoms with E-state index in [4.69, 9.17) is 11.6 Å². The van der Waals surface area contributed by atoms with Gasteiger partial charge in [-0.1, -0.05) is 25.4 Å². The number of pyridine rings is 1. The number of aryl methyl sites for hydroxylation is 1. The van der Waals surface area contributed by atoms with Gasteiger partial charge in [0.15, 0.2) is 0 Å². The van der Waals surface area contributed by atoms with Crippen LogP contribution in [0.3, 0.4) is 0 Å². The van der Waals surface area contributed by atoms with Crippen LogP contribution in [0.25, 0.3) is 0 Å². The predicted molar refractivity (Wildman–Crippen MR) is 85.3 cm³/mol. The molecule has 0 atom stereocenters. The quantitative estimate of drug-likeness (QED) is 0.940. The van der Waals surface area contributed by atoms with Crippen molar-refractivity contribution in [2.24, 2.45) is 13.0 Å². The van der Waals surface area contributed by atoms with Gasteiger partial charge in [0.25, 0.3) is 11.5 Å². The van der Waals surface area contributed by atoms with Crippen LogP contribution < -0.4 is 10.9 Å². The van der Waals surface area contributed by atoms with Crippen LogP contribution in [-0.4, -0.2) is 15.5 Å². The van der Waals surface area contributed by atoms with Gasteiger partial charge in [0, 0.05) is 25.0 Å². The second kappa shape index (κ2) is 6.41. The summed E-state index contributed by atoms with van der Waals surface area (Å²) in [7, 11) is 1.58. The molecule has 21 heavy (non-hydrogen) atoms. The topological polar surface area (TPSA) is 64.0 Å². The minimum atomic E-state index is -0.309. The summed E-state index contributed by atoms with van der Waals surface area (Å²) in [5.41, 5.74) is 0.536. The molecule has 2 aromatic heterocycles. The van der Waals surface area contributed by atoms with Crippen LogP contribution in [0.1, 0.15) is 29.3 Å². The van der Waals surface area contributed by atoms with E-state index in [0.717, 1.165) is 11.4 Å². The van der Waals surface area contributed by atoms with Crippen molar-refractivity contribution in [3.63, 3.8) is 0 Å². The number of anilines is 1. The lowest BCUT2D eigenvalue weighted by Crippen LogP contribution is -2.19. The summed E-state index contributed by atoms with van der Waals surface area (Å²) in [6.07, 6.45) is 2.37. The van der Waals surface area contributed by atoms with Crippen molar-refractivity contribution in [1.82, 2.24) is 9.55 Å². The number of rotatable bonds is 4. The van der Waals surface area contributed by atoms with Gasteiger partial charge >= 0.3 is 0 Å². The third kappa shape index (κ3) is 3.92. The lowest BCUT2D eigenvalue weighted by molar-refractivity contribution is 0.102. The fourth-order valence-corrected chi connectivity index (χ4v) is 3.03. The molecule has 2 rings (SSSR count). The summed E-state index contributed by atoms with van der Waals surface area (Å²) in [4.78, 5) is 27.9. The Labute approximate surface area is 131 Å². The summed E-state index contributed by atoms with van der Waals surface area (Å²) in [6.45, 7) is 4.21. The monoisotopic (exact) mass is 325 g/mol. The third-order valence-electron chi connectivity index (χ3n) is 2.76. The van der Waals surface area contributed by atoms with Gasteiger partial charge in [-0.05, 0) is 12.0 Å². The SMILES string of the molecule is CC(C)Cc1nc(C(=O)Nc2cc(Cl)c(=O)n(C)c2)cs1. The largest absolute Gasteiger partial charge is 0.319 e. The molecule has 0 saturated heterocycles. The Morgan fingerprint density at radius 1 is 1.52 bits per heavy atom. The first-order chi connectivity index (χ1) is 9.86. The van der Waals surface area contributed by atoms with E-state index in [1.54, 1.807) is 12.4 Å². The van der Waals surface area contributed by atoms with Crippen LogP contribution in [0.4, 0.5) is 5.69 Å². The molecule has 0 saturated carbocycles. The second-order valence-electron chi connectivity index (χ2n) is 5.17. The average Bonchev–Trinajstić information content (AvgIpc) is 2.83. The molecule has 0 unspecified atom stereocenters. The van der Waals surface area contributed by atoms with Crippen molar-refractivity contribution >= 4 is 34.5 Å². The first kappa shape index (κ1) is 15.7. The van der Waals surface area contributed by atoms with Gasteiger partial charge in [0.05, 0.1) is 10.7 Å². The third-order valence-corrected chi connectivity index (χ3v) is 3.91. The van der Waals surface area contributed by atoms with Crippen molar-refractivity contribution in [3.05, 3.63) is 43.7 Å². The number of carbonyl (C=O) groups excluding carboxylic acids is 1. The molecule has 0 spiro atoms. The maximum atomic E-state index is 12.1. The average molecular weight is 326 g/mol. The summed E-state index contributed by atoms with van der Waals surface area (Å²) in [5.74, 6) is 0.186. The molecule has 0 fully saturated rings. The van der Waals surface area contributed by atoms with Gasteiger partial charge in [-0.2, -0.15) is 0 Å². The van der Waals surface area contributed by atoms with Crippen molar-refractivity contribution < 1.29 is 4.79 Å². The Balaban J connectivity index is 2.14. The highest BCUT2D eigenvalue weighted by Crippen LogP contribution is 2.16. The molecule has 0 aliphatic carbocycles. The molecule has 2 heterocycles. The lowest BCUT2D eigenvalue weighted by Gasteiger charge is -2.06. The number of halogens is 1. The molecule has 1 N–H and O–H groups in total. The molecular formula is C14H16ClN3O2S. The van der Waals surface area contributed by atoms with E-state index in [1.165, 1.54) is 28.2 Å². The van der Waals surface area contributed by atoms with Gasteiger partial charge < -0.3 is 9.88 Å². The highest BCUT2D eigenvalue weighted by Gasteiger charge is 2.13. The van der Waals surface area contributed by atoms with Crippen molar-refractivity contribution in [3.8, 4) is 0 Å². The number of thiazole rings is 1. The first-order valence-electron chi connectivity index (χ1n) is 6.48. The summed E-state index contributed by atoms with van der Waals surface area (Å²) in [5, 5.41) is 5.43. The Hall–Kier alpha value is -1.66. The minimum absolute atomic E-state index is 0.0640. The van der Waals surface area contributed by atoms with E-state index >= 15 is 0 Å². The highest BCUT2D eigenvalue weighted by atomic mass is 35.5. The van der Waals surface area contributed by atoms with Gasteiger partial charge in [0.2, 0.25) is 0 Å². The van der Waals surface area contributed by atoms with Crippen LogP contribution in [0, 0.1) is 5.92 Å². The van der Waals surface area contributed by atoms with Crippen LogP contribution >= 0.6 is 22.9 Å². The number of hydrogen-bond donors (Lipinski definition) is 1. The molecule has 7 heteroatoms. The van der Waals surface area contributed by atoms with Crippen LogP contribution in [0.15, 0.2) is 22.4 Å². The normalized spacial score (nSPS) is 10.9. The van der Waals surface area contributed by atoms with Gasteiger partial charge in [-0.3, -0.25) is 9.59 Å². The van der Waals surface area contributed by atoms with Gasteiger partial charge in [-0.15, -0.1) is 11.3 Å². The molecule has 5 nitrogen and oxygen atoms in total. The van der Waals surface area contributed by atoms with E-state index in [0.29, 0.717) is 17.3 Å². The smallest absolute Gasteiger partial charge is 0.275 e. The van der Waals surface area contributed by atoms with Crippen molar-refractivity contribution in [1.29, 1.82) is 0 Å². The zero-order chi connectivity index (χ0) is 15.6. The number of nitrogens with zero attached hydrogens (tertiary/aromatic N) is 2. The molecule has 0 aromatic carbocycles. The molecule has 0 aliphatic rings. The number of hydrogen-bond acceptors (Lipinski definition) is 4. The van der Waals surface area contributed by atoms with Crippen LogP contribution in [0.5, 0.6) is 0 Å². The first-order valence-corrected chi connectivity index (χ1v) is 7.74. The zero-order valence-electron chi connectivity index (χ0n) is 12.0. The zero-order valence-corrected chi connectivity index (χ0v) is 13.6. The fourth-order valence-electron chi connectivity index (χ4n) is 1.79. The maximum absolute atomic E-state index is 12.1. The molecular weight excluding hydrogens is 310 g/mol. The van der Waals surface area contributed by atoms with Crippen LogP contribution in [0.2, 0.25) is 5.02 Å². The molecule has 1 amide bonds. The Bertz CT molecular complexity index is 695. The molecule has 112 valence electrons. The Morgan fingerprint density at radius 3 is 2.86 bits per heavy atom. The lowest BCUT2D eigenvalue weighted by atomic mass is 10.1. The fraction of sp³-hybridized carbons (Fsp3) is 0.357. The second-order valence-corrected chi connectivity index (χ2v) is 6.52. The molecule has 0 bridgehead atoms. The van der Waals surface area contributed by atoms with Crippen molar-refractivity contribution in [2.75, 3.05) is 5.32 Å². The predicted octanol–water partition coefficient (Wildman–Crippen LogP) is 2.95. The van der Waals surface area contributed by atoms with Gasteiger partial charge in [0.1, 0.15) is 10.7 Å². The number of amides is 1. The number of aromatic nitrogens is 2. The van der Waals surface area contributed by atoms with Crippen LogP contribution in [-0.2, 0) is 13.5 Å². The number of nitrogens with one attached hydrogen (secondary N) is 1. The minimum Gasteiger partial charge on any atom is -0.319 e. The number of carbonyl (C=O) groups is 1. The molecule has 0 radical (unpaired) electrons. The van der Waals surface area contributed by atoms with Crippen molar-refractivity contribution in [2.45, 2.75) is 20.3 Å². The summed E-state index contributed by atoms with van der Waals surface area (Å²) >= 11 is 7.28. The van der Waals surface area contributed by atoms with E-state index in [9.17, 15) is 9.59 Å². The van der Waals surface area contributed by atoms with E-state index in [-0.39, 0.29) is 16.5 Å². The molecule has 2 aromatic rings. The van der Waals surface area contributed by atoms with E-state index < -0.39 is 0 Å². The highest BCUT2D eigenvalue weighted by molar-refractivity contribution is 7.09. The standard InChI is InChI=1S/C14H16ClN3O2S/c1-8(2)4-12-17-11(7-21-12)13(19)16-9-5-10(15)14(20)18(3)6-9/h5-8H,4H2,1-3H3,(H,16,19). The van der Waals surface area contributed by atoms with E-state index in [2.05, 4.69) is 24.1 Å². The summed E-state index contributed by atoms with van der Waals surface area (Å²) in [6, 6.07) is 1.43.